The lowest BCUT2D eigenvalue weighted by atomic mass is 9.72. The summed E-state index contributed by atoms with van der Waals surface area (Å²) in [7, 11) is 0. The highest BCUT2D eigenvalue weighted by Gasteiger charge is 2.42. The van der Waals surface area contributed by atoms with Gasteiger partial charge in [-0.2, -0.15) is 0 Å². The Bertz CT molecular complexity index is 312. The molecule has 2 rings (SSSR count). The number of hydrogen-bond acceptors (Lipinski definition) is 0. The van der Waals surface area contributed by atoms with E-state index >= 15 is 0 Å². The molecule has 0 heterocycles. The SMILES string of the molecule is C=C1CCC[C@@](C)(CC)CC[C@@H]2CC1CC2(C)C. The second-order valence-corrected chi connectivity index (χ2v) is 8.04. The van der Waals surface area contributed by atoms with E-state index in [1.807, 2.05) is 0 Å². The summed E-state index contributed by atoms with van der Waals surface area (Å²) in [6, 6.07) is 0. The summed E-state index contributed by atoms with van der Waals surface area (Å²) in [6.45, 7) is 14.3. The molecule has 0 heteroatoms. The van der Waals surface area contributed by atoms with E-state index in [0.29, 0.717) is 10.8 Å². The number of fused-ring (bicyclic) bond motifs is 2. The van der Waals surface area contributed by atoms with Crippen LogP contribution in [0.4, 0.5) is 0 Å². The third-order valence-corrected chi connectivity index (χ3v) is 6.25. The fourth-order valence-corrected chi connectivity index (χ4v) is 4.31. The van der Waals surface area contributed by atoms with E-state index in [2.05, 4.69) is 34.3 Å². The molecular formula is C18H32. The van der Waals surface area contributed by atoms with Crippen molar-refractivity contribution in [3.05, 3.63) is 12.2 Å². The minimum absolute atomic E-state index is 0.548. The van der Waals surface area contributed by atoms with Crippen molar-refractivity contribution in [1.29, 1.82) is 0 Å². The Balaban J connectivity index is 2.14. The third-order valence-electron chi connectivity index (χ3n) is 6.25. The normalized spacial score (nSPS) is 40.8. The minimum atomic E-state index is 0.548. The maximum Gasteiger partial charge on any atom is -0.0198 e. The number of allylic oxidation sites excluding steroid dienone is 1. The molecule has 18 heavy (non-hydrogen) atoms. The van der Waals surface area contributed by atoms with Crippen molar-refractivity contribution >= 4 is 0 Å². The van der Waals surface area contributed by atoms with E-state index in [9.17, 15) is 0 Å². The molecule has 0 N–H and O–H groups in total. The van der Waals surface area contributed by atoms with Crippen LogP contribution in [-0.4, -0.2) is 0 Å². The van der Waals surface area contributed by atoms with Crippen molar-refractivity contribution in [3.8, 4) is 0 Å². The van der Waals surface area contributed by atoms with Crippen molar-refractivity contribution < 1.29 is 0 Å². The van der Waals surface area contributed by atoms with Gasteiger partial charge in [0.1, 0.15) is 0 Å². The summed E-state index contributed by atoms with van der Waals surface area (Å²) in [6.07, 6.45) is 11.1. The topological polar surface area (TPSA) is 0 Å². The first-order chi connectivity index (χ1) is 8.36. The average molecular weight is 248 g/mol. The zero-order valence-corrected chi connectivity index (χ0v) is 13.0. The molecule has 0 amide bonds. The van der Waals surface area contributed by atoms with Crippen molar-refractivity contribution in [1.82, 2.24) is 0 Å². The van der Waals surface area contributed by atoms with E-state index in [-0.39, 0.29) is 0 Å². The zero-order chi connectivity index (χ0) is 13.4. The molecule has 2 bridgehead atoms. The largest absolute Gasteiger partial charge is 0.0996 e. The molecule has 3 atom stereocenters. The van der Waals surface area contributed by atoms with Crippen LogP contribution in [0.5, 0.6) is 0 Å². The van der Waals surface area contributed by atoms with Gasteiger partial charge in [-0.25, -0.2) is 0 Å². The van der Waals surface area contributed by atoms with Gasteiger partial charge in [0, 0.05) is 0 Å². The van der Waals surface area contributed by atoms with Gasteiger partial charge in [0.2, 0.25) is 0 Å². The Morgan fingerprint density at radius 2 is 1.94 bits per heavy atom. The van der Waals surface area contributed by atoms with Gasteiger partial charge in [0.05, 0.1) is 0 Å². The van der Waals surface area contributed by atoms with E-state index in [1.54, 1.807) is 5.57 Å². The molecule has 2 saturated carbocycles. The fourth-order valence-electron chi connectivity index (χ4n) is 4.31. The first kappa shape index (κ1) is 14.2. The van der Waals surface area contributed by atoms with Gasteiger partial charge in [-0.1, -0.05) is 46.3 Å². The molecule has 104 valence electrons. The first-order valence-corrected chi connectivity index (χ1v) is 8.04. The van der Waals surface area contributed by atoms with E-state index in [0.717, 1.165) is 11.8 Å². The summed E-state index contributed by atoms with van der Waals surface area (Å²) in [5, 5.41) is 0. The number of rotatable bonds is 1. The summed E-state index contributed by atoms with van der Waals surface area (Å²) in [4.78, 5) is 0. The molecule has 0 aromatic rings. The van der Waals surface area contributed by atoms with Crippen LogP contribution in [-0.2, 0) is 0 Å². The van der Waals surface area contributed by atoms with Crippen LogP contribution in [0.2, 0.25) is 0 Å². The van der Waals surface area contributed by atoms with Gasteiger partial charge in [-0.3, -0.25) is 0 Å². The standard InChI is InChI=1S/C18H32/c1-6-18(5)10-7-8-14(2)15-12-16(9-11-18)17(3,4)13-15/h15-16H,2,6-13H2,1,3-5H3/t15?,16-,18-/m1/s1. The predicted molar refractivity (Wildman–Crippen MR) is 80.6 cm³/mol. The van der Waals surface area contributed by atoms with Crippen molar-refractivity contribution in [2.24, 2.45) is 22.7 Å². The summed E-state index contributed by atoms with van der Waals surface area (Å²) in [5.74, 6) is 1.76. The lowest BCUT2D eigenvalue weighted by Crippen LogP contribution is -2.22. The maximum absolute atomic E-state index is 4.41. The molecule has 0 radical (unpaired) electrons. The molecule has 2 aliphatic carbocycles. The molecule has 1 unspecified atom stereocenters. The van der Waals surface area contributed by atoms with Crippen molar-refractivity contribution in [2.75, 3.05) is 0 Å². The number of hydrogen-bond donors (Lipinski definition) is 0. The first-order valence-electron chi connectivity index (χ1n) is 8.04. The average Bonchev–Trinajstić information content (AvgIpc) is 2.61. The monoisotopic (exact) mass is 248 g/mol. The Kier molecular flexibility index (Phi) is 3.95. The molecular weight excluding hydrogens is 216 g/mol. The fraction of sp³-hybridized carbons (Fsp3) is 0.889. The molecule has 2 fully saturated rings. The minimum Gasteiger partial charge on any atom is -0.0996 e. The van der Waals surface area contributed by atoms with Gasteiger partial charge in [-0.05, 0) is 67.6 Å². The Labute approximate surface area is 114 Å². The second-order valence-electron chi connectivity index (χ2n) is 8.04. The zero-order valence-electron chi connectivity index (χ0n) is 13.0. The Morgan fingerprint density at radius 3 is 2.61 bits per heavy atom. The molecule has 0 saturated heterocycles. The maximum atomic E-state index is 4.41. The summed E-state index contributed by atoms with van der Waals surface area (Å²) < 4.78 is 0. The van der Waals surface area contributed by atoms with Crippen LogP contribution in [0, 0.1) is 22.7 Å². The van der Waals surface area contributed by atoms with Gasteiger partial charge in [0.15, 0.2) is 0 Å². The highest BCUT2D eigenvalue weighted by atomic mass is 14.5. The van der Waals surface area contributed by atoms with Gasteiger partial charge in [-0.15, -0.1) is 0 Å². The van der Waals surface area contributed by atoms with E-state index in [1.165, 1.54) is 51.4 Å². The quantitative estimate of drug-likeness (QED) is 0.501. The van der Waals surface area contributed by atoms with Crippen LogP contribution in [0.25, 0.3) is 0 Å². The van der Waals surface area contributed by atoms with E-state index < -0.39 is 0 Å². The van der Waals surface area contributed by atoms with Crippen LogP contribution >= 0.6 is 0 Å². The van der Waals surface area contributed by atoms with Crippen LogP contribution < -0.4 is 0 Å². The molecule has 0 aromatic heterocycles. The van der Waals surface area contributed by atoms with Crippen LogP contribution in [0.3, 0.4) is 0 Å². The lowest BCUT2D eigenvalue weighted by molar-refractivity contribution is 0.181. The smallest absolute Gasteiger partial charge is 0.0198 e. The Morgan fingerprint density at radius 1 is 1.22 bits per heavy atom. The Hall–Kier alpha value is -0.260. The molecule has 2 aliphatic rings. The molecule has 0 aromatic carbocycles. The summed E-state index contributed by atoms with van der Waals surface area (Å²) >= 11 is 0. The summed E-state index contributed by atoms with van der Waals surface area (Å²) in [5.41, 5.74) is 2.70. The van der Waals surface area contributed by atoms with Gasteiger partial charge in [0.25, 0.3) is 0 Å². The third kappa shape index (κ3) is 2.83. The molecule has 0 aliphatic heterocycles. The van der Waals surface area contributed by atoms with Crippen LogP contribution in [0.1, 0.15) is 79.1 Å². The van der Waals surface area contributed by atoms with Gasteiger partial charge >= 0.3 is 0 Å². The van der Waals surface area contributed by atoms with E-state index in [4.69, 9.17) is 0 Å². The molecule has 0 nitrogen and oxygen atoms in total. The van der Waals surface area contributed by atoms with Gasteiger partial charge < -0.3 is 0 Å². The molecule has 0 spiro atoms. The predicted octanol–water partition coefficient (Wildman–Crippen LogP) is 5.98. The van der Waals surface area contributed by atoms with Crippen LogP contribution in [0.15, 0.2) is 12.2 Å². The van der Waals surface area contributed by atoms with Crippen molar-refractivity contribution in [3.63, 3.8) is 0 Å². The highest BCUT2D eigenvalue weighted by molar-refractivity contribution is 5.08. The highest BCUT2D eigenvalue weighted by Crippen LogP contribution is 2.53. The lowest BCUT2D eigenvalue weighted by Gasteiger charge is -2.33. The second kappa shape index (κ2) is 5.02. The van der Waals surface area contributed by atoms with Crippen molar-refractivity contribution in [2.45, 2.75) is 79.1 Å².